The number of rotatable bonds is 12. The van der Waals surface area contributed by atoms with Gasteiger partial charge in [-0.1, -0.05) is 43.5 Å². The molecule has 1 aromatic carbocycles. The van der Waals surface area contributed by atoms with Crippen molar-refractivity contribution in [3.8, 4) is 5.75 Å². The van der Waals surface area contributed by atoms with Gasteiger partial charge in [-0.25, -0.2) is 14.4 Å². The predicted octanol–water partition coefficient (Wildman–Crippen LogP) is 3.97. The second-order valence-corrected chi connectivity index (χ2v) is 11.6. The van der Waals surface area contributed by atoms with Crippen LogP contribution in [0.5, 0.6) is 5.75 Å². The van der Waals surface area contributed by atoms with Crippen molar-refractivity contribution in [2.24, 2.45) is 0 Å². The third-order valence-corrected chi connectivity index (χ3v) is 8.60. The molecule has 0 unspecified atom stereocenters. The van der Waals surface area contributed by atoms with Crippen molar-refractivity contribution >= 4 is 40.7 Å². The average molecular weight is 627 g/mol. The molecule has 3 heterocycles. The number of hydrogen-bond donors (Lipinski definition) is 3. The summed E-state index contributed by atoms with van der Waals surface area (Å²) in [5.74, 6) is 0.214. The molecule has 232 valence electrons. The molecule has 0 saturated carbocycles. The molecule has 2 fully saturated rings. The van der Waals surface area contributed by atoms with E-state index in [-0.39, 0.29) is 34.8 Å². The van der Waals surface area contributed by atoms with Gasteiger partial charge in [0.05, 0.1) is 18.2 Å². The van der Waals surface area contributed by atoms with Gasteiger partial charge in [0.1, 0.15) is 11.6 Å². The number of nitrogens with one attached hydrogen (secondary N) is 1. The summed E-state index contributed by atoms with van der Waals surface area (Å²) in [4.78, 5) is 28.0. The number of nitrogen functional groups attached to an aromatic ring is 1. The van der Waals surface area contributed by atoms with E-state index in [9.17, 15) is 9.18 Å². The van der Waals surface area contributed by atoms with Gasteiger partial charge in [-0.3, -0.25) is 14.6 Å². The maximum atomic E-state index is 14.3. The van der Waals surface area contributed by atoms with Crippen LogP contribution in [-0.2, 0) is 6.54 Å². The second-order valence-electron chi connectivity index (χ2n) is 10.9. The molecule has 10 nitrogen and oxygen atoms in total. The first-order valence-electron chi connectivity index (χ1n) is 14.8. The minimum Gasteiger partial charge on any atom is -0.493 e. The summed E-state index contributed by atoms with van der Waals surface area (Å²) in [5, 5.41) is 11.7. The summed E-state index contributed by atoms with van der Waals surface area (Å²) in [6.45, 7) is 9.50. The molecule has 2 aliphatic heterocycles. The number of aromatic nitrogens is 2. The van der Waals surface area contributed by atoms with Crippen molar-refractivity contribution in [3.05, 3.63) is 39.4 Å². The Morgan fingerprint density at radius 1 is 1.19 bits per heavy atom. The van der Waals surface area contributed by atoms with Crippen molar-refractivity contribution < 1.29 is 19.0 Å². The lowest BCUT2D eigenvalue weighted by Gasteiger charge is -2.47. The fraction of sp³-hybridized carbons (Fsp3) is 0.621. The molecule has 0 radical (unpaired) electrons. The summed E-state index contributed by atoms with van der Waals surface area (Å²) in [6, 6.07) is 3.85. The lowest BCUT2D eigenvalue weighted by molar-refractivity contribution is 0.0607. The van der Waals surface area contributed by atoms with Crippen molar-refractivity contribution in [2.75, 3.05) is 63.1 Å². The molecule has 13 heteroatoms. The highest BCUT2D eigenvalue weighted by Crippen LogP contribution is 2.32. The van der Waals surface area contributed by atoms with E-state index in [4.69, 9.17) is 38.8 Å². The Bertz CT molecular complexity index is 1220. The lowest BCUT2D eigenvalue weighted by atomic mass is 9.97. The number of piperidine rings is 1. The summed E-state index contributed by atoms with van der Waals surface area (Å²) in [7, 11) is 0. The number of carbonyl (C=O) groups is 1. The minimum atomic E-state index is -0.522. The number of halogens is 3. The van der Waals surface area contributed by atoms with Crippen LogP contribution < -0.4 is 20.7 Å². The van der Waals surface area contributed by atoms with E-state index in [1.807, 2.05) is 0 Å². The Kier molecular flexibility index (Phi) is 11.9. The van der Waals surface area contributed by atoms with Gasteiger partial charge < -0.3 is 25.8 Å². The number of aliphatic hydroxyl groups is 1. The van der Waals surface area contributed by atoms with Gasteiger partial charge in [-0.15, -0.1) is 0 Å². The topological polar surface area (TPSA) is 120 Å². The van der Waals surface area contributed by atoms with E-state index in [2.05, 4.69) is 43.8 Å². The number of nitrogens with zero attached hydrogens (tertiary/aromatic N) is 5. The fourth-order valence-electron chi connectivity index (χ4n) is 5.75. The number of unbranched alkanes of at least 4 members (excludes halogenated alkanes) is 1. The molecule has 2 aliphatic rings. The summed E-state index contributed by atoms with van der Waals surface area (Å²) in [5.41, 5.74) is 6.86. The highest BCUT2D eigenvalue weighted by Gasteiger charge is 2.34. The normalized spacial score (nSPS) is 18.8. The molecule has 2 saturated heterocycles. The molecular formula is C29H42Cl2FN7O3. The molecule has 4 rings (SSSR count). The van der Waals surface area contributed by atoms with E-state index in [1.165, 1.54) is 6.07 Å². The van der Waals surface area contributed by atoms with Gasteiger partial charge in [0, 0.05) is 56.4 Å². The largest absolute Gasteiger partial charge is 0.493 e. The van der Waals surface area contributed by atoms with Crippen LogP contribution >= 0.6 is 23.2 Å². The number of hydrogen-bond acceptors (Lipinski definition) is 9. The standard InChI is InChI=1S/C29H42Cl2FN7O3/c1-3-5-14-42-24-16-22(30)23(32)15-19(24)17-37-9-6-21(7-10-37)39-12-11-38(18-20(39)4-2)28-26(31)35-25(27(33)36-28)29(41)34-8-13-40/h15-16,20-21,40H,3-14,17-18H2,1-2H3,(H2,33,36)(H,34,41)/t20-/m0/s1. The van der Waals surface area contributed by atoms with E-state index in [0.29, 0.717) is 43.3 Å². The minimum absolute atomic E-state index is 0.00665. The van der Waals surface area contributed by atoms with Crippen LogP contribution in [0, 0.1) is 5.82 Å². The Morgan fingerprint density at radius 3 is 2.64 bits per heavy atom. The maximum Gasteiger partial charge on any atom is 0.273 e. The number of anilines is 2. The zero-order chi connectivity index (χ0) is 30.2. The Balaban J connectivity index is 1.36. The van der Waals surface area contributed by atoms with Crippen molar-refractivity contribution in [3.63, 3.8) is 0 Å². The second kappa shape index (κ2) is 15.3. The van der Waals surface area contributed by atoms with E-state index >= 15 is 0 Å². The quantitative estimate of drug-likeness (QED) is 0.301. The fourth-order valence-corrected chi connectivity index (χ4v) is 6.15. The van der Waals surface area contributed by atoms with Gasteiger partial charge in [0.2, 0.25) is 0 Å². The van der Waals surface area contributed by atoms with Crippen LogP contribution in [-0.4, -0.2) is 95.3 Å². The number of piperazine rings is 1. The Hall–Kier alpha value is -2.44. The zero-order valence-electron chi connectivity index (χ0n) is 24.4. The van der Waals surface area contributed by atoms with Crippen molar-refractivity contribution in [1.29, 1.82) is 0 Å². The number of carbonyl (C=O) groups excluding carboxylic acids is 1. The number of ether oxygens (including phenoxy) is 1. The number of nitrogens with two attached hydrogens (primary N) is 1. The van der Waals surface area contributed by atoms with Gasteiger partial charge in [-0.05, 0) is 44.8 Å². The molecule has 2 aromatic rings. The van der Waals surface area contributed by atoms with Crippen molar-refractivity contribution in [1.82, 2.24) is 25.1 Å². The van der Waals surface area contributed by atoms with E-state index in [0.717, 1.165) is 63.8 Å². The smallest absolute Gasteiger partial charge is 0.273 e. The van der Waals surface area contributed by atoms with Gasteiger partial charge in [-0.2, -0.15) is 0 Å². The highest BCUT2D eigenvalue weighted by molar-refractivity contribution is 6.32. The van der Waals surface area contributed by atoms with Gasteiger partial charge >= 0.3 is 0 Å². The van der Waals surface area contributed by atoms with E-state index in [1.54, 1.807) is 6.07 Å². The highest BCUT2D eigenvalue weighted by atomic mass is 35.5. The molecule has 0 aliphatic carbocycles. The van der Waals surface area contributed by atoms with Crippen LogP contribution in [0.1, 0.15) is 62.0 Å². The third kappa shape index (κ3) is 7.93. The molecule has 0 spiro atoms. The number of likely N-dealkylation sites (tertiary alicyclic amines) is 1. The molecule has 42 heavy (non-hydrogen) atoms. The van der Waals surface area contributed by atoms with Gasteiger partial charge in [0.25, 0.3) is 5.91 Å². The third-order valence-electron chi connectivity index (χ3n) is 8.05. The molecular weight excluding hydrogens is 584 g/mol. The van der Waals surface area contributed by atoms with Crippen molar-refractivity contribution in [2.45, 2.75) is 64.6 Å². The summed E-state index contributed by atoms with van der Waals surface area (Å²) >= 11 is 12.5. The molecule has 1 atom stereocenters. The van der Waals surface area contributed by atoms with Crippen LogP contribution in [0.25, 0.3) is 0 Å². The summed E-state index contributed by atoms with van der Waals surface area (Å²) < 4.78 is 20.3. The van der Waals surface area contributed by atoms with E-state index < -0.39 is 11.7 Å². The van der Waals surface area contributed by atoms with Gasteiger partial charge in [0.15, 0.2) is 22.5 Å². The molecule has 4 N–H and O–H groups in total. The first-order valence-corrected chi connectivity index (χ1v) is 15.6. The number of aliphatic hydroxyl groups excluding tert-OH is 1. The first kappa shape index (κ1) is 32.5. The Morgan fingerprint density at radius 2 is 1.95 bits per heavy atom. The molecule has 1 amide bonds. The Labute approximate surface area is 257 Å². The van der Waals surface area contributed by atoms with Crippen LogP contribution in [0.3, 0.4) is 0 Å². The lowest BCUT2D eigenvalue weighted by Crippen LogP contribution is -2.58. The molecule has 0 bridgehead atoms. The van der Waals surface area contributed by atoms with Crippen LogP contribution in [0.2, 0.25) is 10.2 Å². The van der Waals surface area contributed by atoms with Crippen LogP contribution in [0.15, 0.2) is 12.1 Å². The predicted molar refractivity (Wildman–Crippen MR) is 164 cm³/mol. The van der Waals surface area contributed by atoms with Crippen LogP contribution in [0.4, 0.5) is 16.0 Å². The monoisotopic (exact) mass is 625 g/mol. The maximum absolute atomic E-state index is 14.3. The number of amides is 1. The summed E-state index contributed by atoms with van der Waals surface area (Å²) in [6.07, 6.45) is 4.96. The average Bonchev–Trinajstić information content (AvgIpc) is 2.99. The zero-order valence-corrected chi connectivity index (χ0v) is 25.9. The molecule has 1 aromatic heterocycles. The SMILES string of the molecule is CCCCOc1cc(Cl)c(F)cc1CN1CCC(N2CCN(c3nc(N)c(C(=O)NCCO)nc3Cl)C[C@@H]2CC)CC1. The first-order chi connectivity index (χ1) is 20.2. The number of benzene rings is 1.